The standard InChI is InChI=1S/C14H19FN2O2/c1-9-4-2-3-5-12(9)19-13-7-6-10(8-11(13)15)14(16)17-18/h6-9,12,18H,2-5H2,1H3,(H2,16,17). The molecule has 0 saturated heterocycles. The number of ether oxygens (including phenoxy) is 1. The molecular formula is C14H19FN2O2. The molecule has 1 aromatic carbocycles. The third kappa shape index (κ3) is 3.16. The second-order valence-corrected chi connectivity index (χ2v) is 5.05. The van der Waals surface area contributed by atoms with Crippen molar-refractivity contribution in [1.82, 2.24) is 0 Å². The molecule has 3 N–H and O–H groups in total. The maximum absolute atomic E-state index is 13.9. The Morgan fingerprint density at radius 1 is 1.42 bits per heavy atom. The average molecular weight is 266 g/mol. The topological polar surface area (TPSA) is 67.8 Å². The van der Waals surface area contributed by atoms with E-state index in [9.17, 15) is 4.39 Å². The second kappa shape index (κ2) is 5.91. The van der Waals surface area contributed by atoms with Gasteiger partial charge >= 0.3 is 0 Å². The lowest BCUT2D eigenvalue weighted by Gasteiger charge is -2.29. The number of nitrogens with two attached hydrogens (primary N) is 1. The zero-order valence-electron chi connectivity index (χ0n) is 11.0. The van der Waals surface area contributed by atoms with Crippen LogP contribution in [0.3, 0.4) is 0 Å². The Hall–Kier alpha value is -1.78. The van der Waals surface area contributed by atoms with Crippen molar-refractivity contribution in [3.05, 3.63) is 29.6 Å². The monoisotopic (exact) mass is 266 g/mol. The van der Waals surface area contributed by atoms with Crippen molar-refractivity contribution in [2.75, 3.05) is 0 Å². The highest BCUT2D eigenvalue weighted by atomic mass is 19.1. The van der Waals surface area contributed by atoms with Crippen LogP contribution in [0, 0.1) is 11.7 Å². The highest BCUT2D eigenvalue weighted by Gasteiger charge is 2.23. The Bertz CT molecular complexity index is 477. The Morgan fingerprint density at radius 2 is 2.16 bits per heavy atom. The molecule has 1 saturated carbocycles. The van der Waals surface area contributed by atoms with Crippen molar-refractivity contribution in [3.8, 4) is 5.75 Å². The number of oxime groups is 1. The SMILES string of the molecule is CC1CCCCC1Oc1ccc(/C(N)=N/O)cc1F. The average Bonchev–Trinajstić information content (AvgIpc) is 2.42. The minimum absolute atomic E-state index is 0.0676. The normalized spacial score (nSPS) is 24.2. The minimum Gasteiger partial charge on any atom is -0.487 e. The van der Waals surface area contributed by atoms with E-state index >= 15 is 0 Å². The van der Waals surface area contributed by atoms with Crippen molar-refractivity contribution >= 4 is 5.84 Å². The van der Waals surface area contributed by atoms with Crippen molar-refractivity contribution in [2.24, 2.45) is 16.8 Å². The van der Waals surface area contributed by atoms with E-state index in [0.717, 1.165) is 19.3 Å². The Morgan fingerprint density at radius 3 is 2.79 bits per heavy atom. The molecule has 0 bridgehead atoms. The lowest BCUT2D eigenvalue weighted by atomic mass is 9.88. The molecule has 104 valence electrons. The summed E-state index contributed by atoms with van der Waals surface area (Å²) in [5.41, 5.74) is 5.75. The molecule has 2 unspecified atom stereocenters. The van der Waals surface area contributed by atoms with Gasteiger partial charge < -0.3 is 15.7 Å². The number of halogens is 1. The summed E-state index contributed by atoms with van der Waals surface area (Å²) in [4.78, 5) is 0. The number of rotatable bonds is 3. The maximum Gasteiger partial charge on any atom is 0.170 e. The van der Waals surface area contributed by atoms with E-state index in [1.807, 2.05) is 0 Å². The molecule has 0 aliphatic heterocycles. The smallest absolute Gasteiger partial charge is 0.170 e. The van der Waals surface area contributed by atoms with Gasteiger partial charge in [-0.25, -0.2) is 4.39 Å². The first kappa shape index (κ1) is 13.6. The second-order valence-electron chi connectivity index (χ2n) is 5.05. The van der Waals surface area contributed by atoms with E-state index in [-0.39, 0.29) is 17.7 Å². The highest BCUT2D eigenvalue weighted by Crippen LogP contribution is 2.29. The highest BCUT2D eigenvalue weighted by molar-refractivity contribution is 5.97. The molecule has 0 amide bonds. The zero-order valence-corrected chi connectivity index (χ0v) is 11.0. The van der Waals surface area contributed by atoms with Gasteiger partial charge in [0.05, 0.1) is 0 Å². The van der Waals surface area contributed by atoms with E-state index in [2.05, 4.69) is 12.1 Å². The van der Waals surface area contributed by atoms with E-state index in [0.29, 0.717) is 11.5 Å². The third-order valence-electron chi connectivity index (χ3n) is 3.65. The lowest BCUT2D eigenvalue weighted by molar-refractivity contribution is 0.0980. The third-order valence-corrected chi connectivity index (χ3v) is 3.65. The first-order valence-corrected chi connectivity index (χ1v) is 6.56. The summed E-state index contributed by atoms with van der Waals surface area (Å²) in [5, 5.41) is 11.4. The van der Waals surface area contributed by atoms with E-state index in [1.165, 1.54) is 18.6 Å². The van der Waals surface area contributed by atoms with Gasteiger partial charge in [0.25, 0.3) is 0 Å². The van der Waals surface area contributed by atoms with E-state index in [1.54, 1.807) is 6.07 Å². The van der Waals surface area contributed by atoms with Crippen LogP contribution in [0.5, 0.6) is 5.75 Å². The van der Waals surface area contributed by atoms with Crippen LogP contribution in [-0.4, -0.2) is 17.1 Å². The summed E-state index contributed by atoms with van der Waals surface area (Å²) >= 11 is 0. The summed E-state index contributed by atoms with van der Waals surface area (Å²) in [6, 6.07) is 4.34. The molecule has 1 aromatic rings. The van der Waals surface area contributed by atoms with Crippen LogP contribution in [0.4, 0.5) is 4.39 Å². The van der Waals surface area contributed by atoms with Gasteiger partial charge in [0.15, 0.2) is 17.4 Å². The van der Waals surface area contributed by atoms with Crippen LogP contribution in [0.25, 0.3) is 0 Å². The van der Waals surface area contributed by atoms with Crippen LogP contribution in [0.15, 0.2) is 23.4 Å². The van der Waals surface area contributed by atoms with Gasteiger partial charge in [-0.05, 0) is 43.4 Å². The van der Waals surface area contributed by atoms with Gasteiger partial charge in [-0.2, -0.15) is 0 Å². The quantitative estimate of drug-likeness (QED) is 0.382. The fourth-order valence-corrected chi connectivity index (χ4v) is 2.43. The minimum atomic E-state index is -0.484. The van der Waals surface area contributed by atoms with Crippen LogP contribution >= 0.6 is 0 Å². The molecule has 1 fully saturated rings. The molecule has 1 aliphatic carbocycles. The van der Waals surface area contributed by atoms with Crippen LogP contribution in [0.1, 0.15) is 38.2 Å². The number of hydrogen-bond donors (Lipinski definition) is 2. The van der Waals surface area contributed by atoms with Crippen molar-refractivity contribution in [1.29, 1.82) is 0 Å². The molecule has 1 aliphatic rings. The number of nitrogens with zero attached hydrogens (tertiary/aromatic N) is 1. The Labute approximate surface area is 112 Å². The summed E-state index contributed by atoms with van der Waals surface area (Å²) < 4.78 is 19.7. The molecule has 0 aromatic heterocycles. The molecule has 4 nitrogen and oxygen atoms in total. The summed E-state index contributed by atoms with van der Waals surface area (Å²) in [6.45, 7) is 2.13. The van der Waals surface area contributed by atoms with Crippen LogP contribution in [-0.2, 0) is 0 Å². The Balaban J connectivity index is 2.12. The van der Waals surface area contributed by atoms with E-state index < -0.39 is 5.82 Å². The molecule has 0 heterocycles. The molecule has 19 heavy (non-hydrogen) atoms. The van der Waals surface area contributed by atoms with Gasteiger partial charge in [-0.15, -0.1) is 0 Å². The van der Waals surface area contributed by atoms with E-state index in [4.69, 9.17) is 15.7 Å². The molecule has 2 rings (SSSR count). The summed E-state index contributed by atoms with van der Waals surface area (Å²) in [7, 11) is 0. The first-order chi connectivity index (χ1) is 9.11. The number of amidine groups is 1. The molecule has 2 atom stereocenters. The molecule has 0 spiro atoms. The predicted molar refractivity (Wildman–Crippen MR) is 71.0 cm³/mol. The van der Waals surface area contributed by atoms with Gasteiger partial charge in [0.2, 0.25) is 0 Å². The summed E-state index contributed by atoms with van der Waals surface area (Å²) in [6.07, 6.45) is 4.49. The van der Waals surface area contributed by atoms with Crippen molar-refractivity contribution < 1.29 is 14.3 Å². The van der Waals surface area contributed by atoms with Crippen LogP contribution < -0.4 is 10.5 Å². The maximum atomic E-state index is 13.9. The fraction of sp³-hybridized carbons (Fsp3) is 0.500. The molecule has 5 heteroatoms. The van der Waals surface area contributed by atoms with Gasteiger partial charge in [0.1, 0.15) is 6.10 Å². The fourth-order valence-electron chi connectivity index (χ4n) is 2.43. The zero-order chi connectivity index (χ0) is 13.8. The van der Waals surface area contributed by atoms with Gasteiger partial charge in [0, 0.05) is 5.56 Å². The van der Waals surface area contributed by atoms with Crippen LogP contribution in [0.2, 0.25) is 0 Å². The first-order valence-electron chi connectivity index (χ1n) is 6.56. The van der Waals surface area contributed by atoms with Crippen molar-refractivity contribution in [2.45, 2.75) is 38.7 Å². The van der Waals surface area contributed by atoms with Gasteiger partial charge in [-0.1, -0.05) is 18.5 Å². The number of hydrogen-bond acceptors (Lipinski definition) is 3. The number of benzene rings is 1. The van der Waals surface area contributed by atoms with Crippen molar-refractivity contribution in [3.63, 3.8) is 0 Å². The largest absolute Gasteiger partial charge is 0.487 e. The Kier molecular flexibility index (Phi) is 4.24. The molecule has 0 radical (unpaired) electrons. The molecular weight excluding hydrogens is 247 g/mol. The predicted octanol–water partition coefficient (Wildman–Crippen LogP) is 2.88. The summed E-state index contributed by atoms with van der Waals surface area (Å²) in [5.74, 6) is 0.0727. The van der Waals surface area contributed by atoms with Gasteiger partial charge in [-0.3, -0.25) is 0 Å². The lowest BCUT2D eigenvalue weighted by Crippen LogP contribution is -2.28.